The van der Waals surface area contributed by atoms with E-state index >= 15 is 0 Å². The van der Waals surface area contributed by atoms with E-state index in [1.165, 1.54) is 6.07 Å². The van der Waals surface area contributed by atoms with Gasteiger partial charge in [-0.1, -0.05) is 47.4 Å². The number of thiophene rings is 1. The van der Waals surface area contributed by atoms with E-state index in [1.54, 1.807) is 23.5 Å². The lowest BCUT2D eigenvalue weighted by Gasteiger charge is -2.13. The van der Waals surface area contributed by atoms with Crippen molar-refractivity contribution >= 4 is 46.4 Å². The second-order valence-corrected chi connectivity index (χ2v) is 12.9. The first-order valence-electron chi connectivity index (χ1n) is 15.5. The number of rotatable bonds is 9. The van der Waals surface area contributed by atoms with Crippen LogP contribution < -0.4 is 16.4 Å². The number of carbonyl (C=O) groups excluding carboxylic acids is 2. The van der Waals surface area contributed by atoms with Gasteiger partial charge in [-0.15, -0.1) is 21.5 Å². The van der Waals surface area contributed by atoms with Gasteiger partial charge in [0.05, 0.1) is 30.8 Å². The minimum absolute atomic E-state index is 0.0525. The van der Waals surface area contributed by atoms with Gasteiger partial charge in [0.2, 0.25) is 11.8 Å². The van der Waals surface area contributed by atoms with Gasteiger partial charge in [-0.3, -0.25) is 19.1 Å². The molecule has 250 valence electrons. The number of carboxylic acid groups (broad SMARTS) is 1. The van der Waals surface area contributed by atoms with Crippen molar-refractivity contribution in [2.45, 2.75) is 46.1 Å². The van der Waals surface area contributed by atoms with Gasteiger partial charge >= 0.3 is 5.97 Å². The van der Waals surface area contributed by atoms with E-state index in [0.717, 1.165) is 32.3 Å². The molecule has 1 aliphatic heterocycles. The summed E-state index contributed by atoms with van der Waals surface area (Å²) in [6.07, 6.45) is 0.680. The largest absolute Gasteiger partial charge is 0.478 e. The van der Waals surface area contributed by atoms with Crippen LogP contribution in [0.25, 0.3) is 5.00 Å². The summed E-state index contributed by atoms with van der Waals surface area (Å²) in [5.41, 5.74) is 10.1. The molecule has 2 aromatic heterocycles. The average molecular weight is 696 g/mol. The highest BCUT2D eigenvalue weighted by atomic mass is 35.5. The number of aryl methyl sites for hydroxylation is 2. The SMILES string of the molecule is Cc1sc2c(c1C)C(c1ccc(Cl)cc1)=NC(CC(=O)NCCCC(=O)NCC#Cc1ccc(C(=O)O)c(C#CCN)c1)c1nnc(C)n1-2. The van der Waals surface area contributed by atoms with Crippen molar-refractivity contribution in [3.8, 4) is 28.7 Å². The van der Waals surface area contributed by atoms with Gasteiger partial charge < -0.3 is 21.5 Å². The maximum Gasteiger partial charge on any atom is 0.336 e. The topological polar surface area (TPSA) is 165 Å². The fraction of sp³-hybridized carbons (Fsp3) is 0.278. The summed E-state index contributed by atoms with van der Waals surface area (Å²) in [7, 11) is 0. The minimum Gasteiger partial charge on any atom is -0.478 e. The molecule has 1 aliphatic rings. The Bertz CT molecular complexity index is 2080. The zero-order valence-corrected chi connectivity index (χ0v) is 28.8. The van der Waals surface area contributed by atoms with Crippen LogP contribution in [0.15, 0.2) is 47.5 Å². The van der Waals surface area contributed by atoms with Gasteiger partial charge in [-0.2, -0.15) is 0 Å². The summed E-state index contributed by atoms with van der Waals surface area (Å²) in [5.74, 6) is 11.0. The van der Waals surface area contributed by atoms with E-state index in [0.29, 0.717) is 40.8 Å². The second-order valence-electron chi connectivity index (χ2n) is 11.2. The van der Waals surface area contributed by atoms with E-state index in [2.05, 4.69) is 58.4 Å². The van der Waals surface area contributed by atoms with Gasteiger partial charge in [-0.25, -0.2) is 4.79 Å². The Balaban J connectivity index is 1.18. The smallest absolute Gasteiger partial charge is 0.336 e. The summed E-state index contributed by atoms with van der Waals surface area (Å²) in [5, 5.41) is 25.4. The molecular weight excluding hydrogens is 662 g/mol. The minimum atomic E-state index is -1.09. The number of carbonyl (C=O) groups is 3. The molecule has 11 nitrogen and oxygen atoms in total. The van der Waals surface area contributed by atoms with Crippen molar-refractivity contribution in [2.75, 3.05) is 19.6 Å². The molecule has 49 heavy (non-hydrogen) atoms. The number of benzene rings is 2. The van der Waals surface area contributed by atoms with E-state index in [-0.39, 0.29) is 43.3 Å². The van der Waals surface area contributed by atoms with Crippen LogP contribution in [-0.2, 0) is 9.59 Å². The molecule has 1 unspecified atom stereocenters. The first-order chi connectivity index (χ1) is 23.6. The standard InChI is InChI=1S/C36H34ClN7O4S/c1-21-22(2)49-35-32(21)33(25-11-13-27(37)14-12-25)41-29(34-43-42-23(3)44(34)35)20-31(46)40-18-6-9-30(45)39-17-5-7-24-10-15-28(36(47)48)26(19-24)8-4-16-38/h10-15,19,29H,6,9,16-18,20,38H2,1-3H3,(H,39,45)(H,40,46)(H,47,48). The number of aliphatic imine (C=N–C) groups is 1. The summed E-state index contributed by atoms with van der Waals surface area (Å²) in [6.45, 7) is 6.55. The molecule has 0 saturated carbocycles. The lowest BCUT2D eigenvalue weighted by atomic mass is 9.99. The van der Waals surface area contributed by atoms with Crippen LogP contribution in [-0.4, -0.2) is 63.0 Å². The molecule has 4 aromatic rings. The Hall–Kier alpha value is -5.27. The zero-order chi connectivity index (χ0) is 35.1. The third-order valence-corrected chi connectivity index (χ3v) is 9.26. The normalized spacial score (nSPS) is 13.0. The number of nitrogens with one attached hydrogen (secondary N) is 2. The molecule has 0 radical (unpaired) electrons. The van der Waals surface area contributed by atoms with E-state index < -0.39 is 12.0 Å². The monoisotopic (exact) mass is 695 g/mol. The molecule has 0 fully saturated rings. The summed E-state index contributed by atoms with van der Waals surface area (Å²) >= 11 is 7.84. The third-order valence-electron chi connectivity index (χ3n) is 7.82. The van der Waals surface area contributed by atoms with Crippen molar-refractivity contribution in [1.82, 2.24) is 25.4 Å². The van der Waals surface area contributed by atoms with E-state index in [9.17, 15) is 19.5 Å². The molecule has 13 heteroatoms. The number of hydrogen-bond donors (Lipinski definition) is 4. The predicted octanol–water partition coefficient (Wildman–Crippen LogP) is 4.26. The average Bonchev–Trinajstić information content (AvgIpc) is 3.56. The second kappa shape index (κ2) is 15.8. The number of aromatic carboxylic acids is 1. The zero-order valence-electron chi connectivity index (χ0n) is 27.2. The highest BCUT2D eigenvalue weighted by Crippen LogP contribution is 2.39. The number of nitrogens with two attached hydrogens (primary N) is 1. The molecule has 2 amide bonds. The Kier molecular flexibility index (Phi) is 11.3. The van der Waals surface area contributed by atoms with Crippen LogP contribution in [0.2, 0.25) is 5.02 Å². The van der Waals surface area contributed by atoms with Crippen LogP contribution in [0.4, 0.5) is 0 Å². The van der Waals surface area contributed by atoms with Crippen LogP contribution >= 0.6 is 22.9 Å². The Labute approximate surface area is 293 Å². The number of amides is 2. The number of aromatic nitrogens is 3. The van der Waals surface area contributed by atoms with Gasteiger partial charge in [0.25, 0.3) is 0 Å². The predicted molar refractivity (Wildman–Crippen MR) is 189 cm³/mol. The van der Waals surface area contributed by atoms with Crippen molar-refractivity contribution in [3.63, 3.8) is 0 Å². The van der Waals surface area contributed by atoms with Crippen LogP contribution in [0.1, 0.15) is 80.0 Å². The highest BCUT2D eigenvalue weighted by Gasteiger charge is 2.32. The van der Waals surface area contributed by atoms with Crippen LogP contribution in [0.3, 0.4) is 0 Å². The Morgan fingerprint density at radius 3 is 2.53 bits per heavy atom. The van der Waals surface area contributed by atoms with Crippen molar-refractivity contribution in [1.29, 1.82) is 0 Å². The Morgan fingerprint density at radius 1 is 1.02 bits per heavy atom. The molecule has 5 rings (SSSR count). The molecule has 0 saturated heterocycles. The third kappa shape index (κ3) is 8.24. The van der Waals surface area contributed by atoms with E-state index in [1.807, 2.05) is 35.8 Å². The van der Waals surface area contributed by atoms with Crippen molar-refractivity contribution in [2.24, 2.45) is 10.7 Å². The number of hydrogen-bond acceptors (Lipinski definition) is 8. The molecule has 1 atom stereocenters. The maximum atomic E-state index is 13.2. The van der Waals surface area contributed by atoms with Crippen LogP contribution in [0.5, 0.6) is 0 Å². The lowest BCUT2D eigenvalue weighted by molar-refractivity contribution is -0.123. The summed E-state index contributed by atoms with van der Waals surface area (Å²) in [6, 6.07) is 11.5. The summed E-state index contributed by atoms with van der Waals surface area (Å²) < 4.78 is 2.00. The Morgan fingerprint density at radius 2 is 1.80 bits per heavy atom. The first kappa shape index (κ1) is 35.0. The molecule has 0 bridgehead atoms. The fourth-order valence-corrected chi connectivity index (χ4v) is 6.63. The number of halogens is 1. The highest BCUT2D eigenvalue weighted by molar-refractivity contribution is 7.15. The number of carboxylic acids is 1. The van der Waals surface area contributed by atoms with Gasteiger partial charge in [-0.05, 0) is 63.1 Å². The summed E-state index contributed by atoms with van der Waals surface area (Å²) in [4.78, 5) is 43.3. The maximum absolute atomic E-state index is 13.2. The number of fused-ring (bicyclic) bond motifs is 3. The van der Waals surface area contributed by atoms with Crippen molar-refractivity contribution < 1.29 is 19.5 Å². The van der Waals surface area contributed by atoms with Gasteiger partial charge in [0.1, 0.15) is 16.9 Å². The van der Waals surface area contributed by atoms with Crippen molar-refractivity contribution in [3.05, 3.63) is 97.4 Å². The fourth-order valence-electron chi connectivity index (χ4n) is 5.29. The molecule has 0 spiro atoms. The van der Waals surface area contributed by atoms with Gasteiger partial charge in [0.15, 0.2) is 5.82 Å². The molecule has 0 aliphatic carbocycles. The van der Waals surface area contributed by atoms with E-state index in [4.69, 9.17) is 22.3 Å². The quantitative estimate of drug-likeness (QED) is 0.150. The molecule has 5 N–H and O–H groups in total. The van der Waals surface area contributed by atoms with Gasteiger partial charge in [0, 0.05) is 45.1 Å². The number of nitrogens with zero attached hydrogens (tertiary/aromatic N) is 4. The van der Waals surface area contributed by atoms with Crippen LogP contribution in [0, 0.1) is 44.5 Å². The lowest BCUT2D eigenvalue weighted by Crippen LogP contribution is -2.28. The first-order valence-corrected chi connectivity index (χ1v) is 16.7. The molecule has 2 aromatic carbocycles. The molecular formula is C36H34ClN7O4S. The molecule has 3 heterocycles.